The number of benzene rings is 1. The van der Waals surface area contributed by atoms with Gasteiger partial charge < -0.3 is 15.0 Å². The molecule has 0 bridgehead atoms. The molecule has 1 aromatic heterocycles. The first-order valence-electron chi connectivity index (χ1n) is 6.09. The van der Waals surface area contributed by atoms with Crippen LogP contribution >= 0.6 is 0 Å². The molecule has 4 nitrogen and oxygen atoms in total. The minimum atomic E-state index is 0.188. The molecule has 1 heterocycles. The van der Waals surface area contributed by atoms with Crippen molar-refractivity contribution >= 4 is 0 Å². The maximum absolute atomic E-state index is 5.61. The average Bonchev–Trinajstić information content (AvgIpc) is 2.71. The molecular formula is C14H19N3O. The molecule has 0 unspecified atom stereocenters. The van der Waals surface area contributed by atoms with E-state index in [9.17, 15) is 0 Å². The molecule has 0 fully saturated rings. The molecule has 0 spiro atoms. The Morgan fingerprint density at radius 3 is 2.44 bits per heavy atom. The maximum Gasteiger partial charge on any atom is 0.140 e. The van der Waals surface area contributed by atoms with Crippen molar-refractivity contribution in [1.82, 2.24) is 9.55 Å². The van der Waals surface area contributed by atoms with E-state index in [2.05, 4.69) is 4.98 Å². The van der Waals surface area contributed by atoms with E-state index in [0.717, 1.165) is 22.8 Å². The number of aryl methyl sites for hydroxylation is 1. The second-order valence-electron chi connectivity index (χ2n) is 4.56. The van der Waals surface area contributed by atoms with E-state index in [0.29, 0.717) is 6.54 Å². The summed E-state index contributed by atoms with van der Waals surface area (Å²) in [7, 11) is 1.97. The van der Waals surface area contributed by atoms with Gasteiger partial charge in [-0.15, -0.1) is 0 Å². The molecule has 0 radical (unpaired) electrons. The molecular weight excluding hydrogens is 226 g/mol. The number of rotatable bonds is 4. The van der Waals surface area contributed by atoms with Crippen LogP contribution in [0.3, 0.4) is 0 Å². The molecule has 0 aliphatic heterocycles. The third-order valence-electron chi connectivity index (χ3n) is 2.62. The Morgan fingerprint density at radius 2 is 1.94 bits per heavy atom. The Hall–Kier alpha value is -1.81. The lowest BCUT2D eigenvalue weighted by molar-refractivity contribution is 0.242. The van der Waals surface area contributed by atoms with Crippen LogP contribution in [0.5, 0.6) is 5.75 Å². The van der Waals surface area contributed by atoms with Crippen LogP contribution in [-0.4, -0.2) is 15.7 Å². The van der Waals surface area contributed by atoms with E-state index >= 15 is 0 Å². The molecule has 1 aromatic carbocycles. The van der Waals surface area contributed by atoms with E-state index in [1.807, 2.05) is 55.9 Å². The fourth-order valence-electron chi connectivity index (χ4n) is 1.85. The Labute approximate surface area is 107 Å². The smallest absolute Gasteiger partial charge is 0.140 e. The van der Waals surface area contributed by atoms with Gasteiger partial charge in [0, 0.05) is 25.4 Å². The van der Waals surface area contributed by atoms with Crippen molar-refractivity contribution in [2.45, 2.75) is 26.5 Å². The van der Waals surface area contributed by atoms with Crippen LogP contribution < -0.4 is 10.5 Å². The minimum absolute atomic E-state index is 0.188. The van der Waals surface area contributed by atoms with Crippen molar-refractivity contribution in [3.05, 3.63) is 36.2 Å². The Morgan fingerprint density at radius 1 is 1.28 bits per heavy atom. The van der Waals surface area contributed by atoms with Crippen molar-refractivity contribution in [3.63, 3.8) is 0 Å². The molecule has 0 aliphatic carbocycles. The van der Waals surface area contributed by atoms with Gasteiger partial charge in [-0.05, 0) is 38.1 Å². The van der Waals surface area contributed by atoms with E-state index in [-0.39, 0.29) is 6.10 Å². The van der Waals surface area contributed by atoms with Crippen LogP contribution in [0.15, 0.2) is 30.5 Å². The van der Waals surface area contributed by atoms with Gasteiger partial charge in [-0.3, -0.25) is 0 Å². The summed E-state index contributed by atoms with van der Waals surface area (Å²) in [4.78, 5) is 4.49. The largest absolute Gasteiger partial charge is 0.491 e. The van der Waals surface area contributed by atoms with E-state index in [1.165, 1.54) is 0 Å². The number of ether oxygens (including phenoxy) is 1. The zero-order valence-corrected chi connectivity index (χ0v) is 11.1. The lowest BCUT2D eigenvalue weighted by Gasteiger charge is -2.10. The monoisotopic (exact) mass is 245 g/mol. The first-order chi connectivity index (χ1) is 8.60. The lowest BCUT2D eigenvalue weighted by atomic mass is 10.2. The molecule has 0 atom stereocenters. The normalized spacial score (nSPS) is 10.9. The molecule has 0 saturated heterocycles. The fraction of sp³-hybridized carbons (Fsp3) is 0.357. The van der Waals surface area contributed by atoms with Crippen molar-refractivity contribution in [2.75, 3.05) is 0 Å². The summed E-state index contributed by atoms with van der Waals surface area (Å²) in [5.41, 5.74) is 7.55. The highest BCUT2D eigenvalue weighted by molar-refractivity contribution is 5.57. The molecule has 2 aromatic rings. The summed E-state index contributed by atoms with van der Waals surface area (Å²) in [5.74, 6) is 1.80. The zero-order valence-electron chi connectivity index (χ0n) is 11.1. The fourth-order valence-corrected chi connectivity index (χ4v) is 1.85. The first kappa shape index (κ1) is 12.6. The molecule has 4 heteroatoms. The quantitative estimate of drug-likeness (QED) is 0.899. The number of nitrogens with two attached hydrogens (primary N) is 1. The predicted molar refractivity (Wildman–Crippen MR) is 72.3 cm³/mol. The number of nitrogens with zero attached hydrogens (tertiary/aromatic N) is 2. The van der Waals surface area contributed by atoms with Gasteiger partial charge in [-0.2, -0.15) is 0 Å². The van der Waals surface area contributed by atoms with Crippen LogP contribution in [0.2, 0.25) is 0 Å². The molecule has 0 saturated carbocycles. The number of aromatic nitrogens is 2. The molecule has 2 rings (SSSR count). The van der Waals surface area contributed by atoms with Gasteiger partial charge in [0.25, 0.3) is 0 Å². The summed E-state index contributed by atoms with van der Waals surface area (Å²) in [6, 6.07) is 7.96. The predicted octanol–water partition coefficient (Wildman–Crippen LogP) is 2.33. The molecule has 18 heavy (non-hydrogen) atoms. The molecule has 2 N–H and O–H groups in total. The summed E-state index contributed by atoms with van der Waals surface area (Å²) in [6.45, 7) is 4.49. The van der Waals surface area contributed by atoms with Crippen molar-refractivity contribution in [1.29, 1.82) is 0 Å². The molecule has 96 valence electrons. The van der Waals surface area contributed by atoms with E-state index in [4.69, 9.17) is 10.5 Å². The standard InChI is InChI=1S/C14H19N3O/c1-10(2)18-13-6-4-11(5-7-13)14-16-12(8-15)9-17(14)3/h4-7,9-10H,8,15H2,1-3H3. The van der Waals surface area contributed by atoms with Crippen molar-refractivity contribution < 1.29 is 4.74 Å². The van der Waals surface area contributed by atoms with Crippen LogP contribution in [0, 0.1) is 0 Å². The highest BCUT2D eigenvalue weighted by Crippen LogP contribution is 2.22. The minimum Gasteiger partial charge on any atom is -0.491 e. The van der Waals surface area contributed by atoms with Crippen LogP contribution in [0.25, 0.3) is 11.4 Å². The number of imidazole rings is 1. The van der Waals surface area contributed by atoms with Gasteiger partial charge in [0.2, 0.25) is 0 Å². The highest BCUT2D eigenvalue weighted by atomic mass is 16.5. The molecule has 0 amide bonds. The third-order valence-corrected chi connectivity index (χ3v) is 2.62. The summed E-state index contributed by atoms with van der Waals surface area (Å²) >= 11 is 0. The van der Waals surface area contributed by atoms with E-state index in [1.54, 1.807) is 0 Å². The summed E-state index contributed by atoms with van der Waals surface area (Å²) in [6.07, 6.45) is 2.14. The Balaban J connectivity index is 2.25. The third kappa shape index (κ3) is 2.71. The van der Waals surface area contributed by atoms with Gasteiger partial charge in [-0.1, -0.05) is 0 Å². The Bertz CT molecular complexity index is 514. The van der Waals surface area contributed by atoms with Crippen LogP contribution in [0.1, 0.15) is 19.5 Å². The number of hydrogen-bond donors (Lipinski definition) is 1. The van der Waals surface area contributed by atoms with Gasteiger partial charge in [0.1, 0.15) is 11.6 Å². The van der Waals surface area contributed by atoms with Crippen molar-refractivity contribution in [2.24, 2.45) is 12.8 Å². The Kier molecular flexibility index (Phi) is 3.67. The van der Waals surface area contributed by atoms with Gasteiger partial charge in [-0.25, -0.2) is 4.98 Å². The number of hydrogen-bond acceptors (Lipinski definition) is 3. The first-order valence-corrected chi connectivity index (χ1v) is 6.09. The average molecular weight is 245 g/mol. The zero-order chi connectivity index (χ0) is 13.1. The summed E-state index contributed by atoms with van der Waals surface area (Å²) in [5, 5.41) is 0. The van der Waals surface area contributed by atoms with E-state index < -0.39 is 0 Å². The van der Waals surface area contributed by atoms with Crippen molar-refractivity contribution in [3.8, 4) is 17.1 Å². The topological polar surface area (TPSA) is 53.1 Å². The van der Waals surface area contributed by atoms with Gasteiger partial charge in [0.05, 0.1) is 11.8 Å². The molecule has 0 aliphatic rings. The van der Waals surface area contributed by atoms with Crippen LogP contribution in [-0.2, 0) is 13.6 Å². The lowest BCUT2D eigenvalue weighted by Crippen LogP contribution is -2.05. The van der Waals surface area contributed by atoms with Gasteiger partial charge in [0.15, 0.2) is 0 Å². The maximum atomic E-state index is 5.61. The second-order valence-corrected chi connectivity index (χ2v) is 4.56. The SMILES string of the molecule is CC(C)Oc1ccc(-c2nc(CN)cn2C)cc1. The second kappa shape index (κ2) is 5.23. The van der Waals surface area contributed by atoms with Crippen LogP contribution in [0.4, 0.5) is 0 Å². The van der Waals surface area contributed by atoms with Gasteiger partial charge >= 0.3 is 0 Å². The highest BCUT2D eigenvalue weighted by Gasteiger charge is 2.07. The summed E-state index contributed by atoms with van der Waals surface area (Å²) < 4.78 is 7.60.